The highest BCUT2D eigenvalue weighted by atomic mass is 32.2. The summed E-state index contributed by atoms with van der Waals surface area (Å²) in [5.74, 6) is -0.490. The normalized spacial score (nSPS) is 21.2. The van der Waals surface area contributed by atoms with E-state index in [0.717, 1.165) is 37.0 Å². The van der Waals surface area contributed by atoms with Gasteiger partial charge in [0.05, 0.1) is 30.4 Å². The number of likely N-dealkylation sites (N-methyl/N-ethyl adjacent to an activating group) is 1. The van der Waals surface area contributed by atoms with Crippen LogP contribution < -0.4 is 14.8 Å². The number of aliphatic hydroxyl groups is 1. The number of para-hydroxylation sites is 1. The largest absolute Gasteiger partial charge is 0.485 e. The van der Waals surface area contributed by atoms with Crippen molar-refractivity contribution in [3.8, 4) is 5.75 Å². The number of fused-ring (bicyclic) bond motifs is 1. The van der Waals surface area contributed by atoms with E-state index in [9.17, 15) is 23.1 Å². The van der Waals surface area contributed by atoms with E-state index in [1.807, 2.05) is 6.92 Å². The van der Waals surface area contributed by atoms with Crippen LogP contribution in [0.15, 0.2) is 39.9 Å². The number of ether oxygens (including phenoxy) is 1. The molecule has 1 aliphatic heterocycles. The number of nitrogens with one attached hydrogen (secondary N) is 2. The van der Waals surface area contributed by atoms with Crippen molar-refractivity contribution in [3.05, 3.63) is 41.3 Å². The van der Waals surface area contributed by atoms with Crippen LogP contribution >= 0.6 is 11.3 Å². The Morgan fingerprint density at radius 2 is 1.97 bits per heavy atom. The SMILES string of the molecule is C[C@H](CO)N1C[C@H](C)[C@@H](CN(C)C(=O)NC2CCCCC2)Oc2c(NS(=O)(=O)c3cccs3)cccc2C1=O. The van der Waals surface area contributed by atoms with Crippen LogP contribution in [0, 0.1) is 5.92 Å². The summed E-state index contributed by atoms with van der Waals surface area (Å²) in [5.41, 5.74) is 0.326. The molecule has 12 heteroatoms. The summed E-state index contributed by atoms with van der Waals surface area (Å²) in [7, 11) is -2.20. The Labute approximate surface area is 234 Å². The molecule has 1 aromatic heterocycles. The molecule has 214 valence electrons. The molecular weight excluding hydrogens is 540 g/mol. The van der Waals surface area contributed by atoms with Crippen molar-refractivity contribution in [2.45, 2.75) is 68.3 Å². The van der Waals surface area contributed by atoms with Crippen LogP contribution in [0.5, 0.6) is 5.75 Å². The topological polar surface area (TPSA) is 128 Å². The van der Waals surface area contributed by atoms with Crippen LogP contribution in [-0.4, -0.2) is 80.2 Å². The molecule has 0 saturated heterocycles. The zero-order valence-corrected chi connectivity index (χ0v) is 24.3. The second-order valence-electron chi connectivity index (χ2n) is 10.5. The van der Waals surface area contributed by atoms with Gasteiger partial charge in [0.15, 0.2) is 5.75 Å². The Hall–Kier alpha value is -2.83. The van der Waals surface area contributed by atoms with Crippen molar-refractivity contribution in [1.29, 1.82) is 0 Å². The maximum absolute atomic E-state index is 13.6. The molecule has 10 nitrogen and oxygen atoms in total. The minimum atomic E-state index is -3.91. The van der Waals surface area contributed by atoms with E-state index in [-0.39, 0.29) is 58.3 Å². The van der Waals surface area contributed by atoms with Gasteiger partial charge in [-0.1, -0.05) is 38.3 Å². The number of aliphatic hydroxyl groups excluding tert-OH is 1. The van der Waals surface area contributed by atoms with E-state index in [1.165, 1.54) is 12.5 Å². The Morgan fingerprint density at radius 3 is 2.64 bits per heavy atom. The molecule has 3 atom stereocenters. The van der Waals surface area contributed by atoms with Gasteiger partial charge in [0, 0.05) is 25.6 Å². The lowest BCUT2D eigenvalue weighted by Crippen LogP contribution is -2.52. The molecule has 3 N–H and O–H groups in total. The van der Waals surface area contributed by atoms with Gasteiger partial charge in [-0.3, -0.25) is 9.52 Å². The van der Waals surface area contributed by atoms with Gasteiger partial charge in [-0.25, -0.2) is 13.2 Å². The summed E-state index contributed by atoms with van der Waals surface area (Å²) in [5, 5.41) is 14.7. The van der Waals surface area contributed by atoms with Gasteiger partial charge in [0.25, 0.3) is 15.9 Å². The molecule has 2 aromatic rings. The molecule has 3 amide bonds. The zero-order chi connectivity index (χ0) is 28.2. The number of sulfonamides is 1. The fraction of sp³-hybridized carbons (Fsp3) is 0.556. The molecule has 1 aliphatic carbocycles. The number of nitrogens with zero attached hydrogens (tertiary/aromatic N) is 2. The minimum Gasteiger partial charge on any atom is -0.485 e. The summed E-state index contributed by atoms with van der Waals surface area (Å²) in [6, 6.07) is 7.38. The summed E-state index contributed by atoms with van der Waals surface area (Å²) < 4.78 is 35.3. The van der Waals surface area contributed by atoms with Gasteiger partial charge in [-0.05, 0) is 43.3 Å². The number of thiophene rings is 1. The lowest BCUT2D eigenvalue weighted by molar-refractivity contribution is 0.0368. The van der Waals surface area contributed by atoms with Crippen molar-refractivity contribution >= 4 is 39.0 Å². The summed E-state index contributed by atoms with van der Waals surface area (Å²) in [6.07, 6.45) is 4.77. The first kappa shape index (κ1) is 29.2. The molecule has 4 rings (SSSR count). The number of urea groups is 1. The van der Waals surface area contributed by atoms with Crippen molar-refractivity contribution in [2.75, 3.05) is 31.5 Å². The van der Waals surface area contributed by atoms with E-state index in [4.69, 9.17) is 4.74 Å². The second-order valence-corrected chi connectivity index (χ2v) is 13.4. The number of carbonyl (C=O) groups is 2. The highest BCUT2D eigenvalue weighted by Gasteiger charge is 2.35. The van der Waals surface area contributed by atoms with Crippen LogP contribution in [0.3, 0.4) is 0 Å². The van der Waals surface area contributed by atoms with Crippen LogP contribution in [-0.2, 0) is 10.0 Å². The molecule has 0 radical (unpaired) electrons. The summed E-state index contributed by atoms with van der Waals surface area (Å²) in [4.78, 5) is 29.8. The van der Waals surface area contributed by atoms with Gasteiger partial charge >= 0.3 is 6.03 Å². The second kappa shape index (κ2) is 12.6. The van der Waals surface area contributed by atoms with E-state index < -0.39 is 22.2 Å². The molecule has 0 unspecified atom stereocenters. The summed E-state index contributed by atoms with van der Waals surface area (Å²) >= 11 is 1.08. The maximum Gasteiger partial charge on any atom is 0.317 e. The van der Waals surface area contributed by atoms with Crippen LogP contribution in [0.1, 0.15) is 56.3 Å². The quantitative estimate of drug-likeness (QED) is 0.438. The first-order valence-corrected chi connectivity index (χ1v) is 15.8. The van der Waals surface area contributed by atoms with Gasteiger partial charge in [0.1, 0.15) is 10.3 Å². The Kier molecular flexibility index (Phi) is 9.39. The van der Waals surface area contributed by atoms with Crippen LogP contribution in [0.2, 0.25) is 0 Å². The number of benzene rings is 1. The molecule has 1 aromatic carbocycles. The molecule has 0 bridgehead atoms. The maximum atomic E-state index is 13.6. The molecular formula is C27H38N4O6S2. The van der Waals surface area contributed by atoms with Crippen molar-refractivity contribution in [1.82, 2.24) is 15.1 Å². The van der Waals surface area contributed by atoms with Gasteiger partial charge in [-0.2, -0.15) is 0 Å². The molecule has 1 saturated carbocycles. The third kappa shape index (κ3) is 6.85. The monoisotopic (exact) mass is 578 g/mol. The smallest absolute Gasteiger partial charge is 0.317 e. The van der Waals surface area contributed by atoms with Crippen molar-refractivity contribution in [3.63, 3.8) is 0 Å². The minimum absolute atomic E-state index is 0.107. The average molecular weight is 579 g/mol. The van der Waals surface area contributed by atoms with E-state index in [2.05, 4.69) is 10.0 Å². The summed E-state index contributed by atoms with van der Waals surface area (Å²) in [6.45, 7) is 3.97. The fourth-order valence-corrected chi connectivity index (χ4v) is 7.09. The predicted octanol–water partition coefficient (Wildman–Crippen LogP) is 3.74. The Morgan fingerprint density at radius 1 is 1.23 bits per heavy atom. The molecule has 2 heterocycles. The highest BCUT2D eigenvalue weighted by Crippen LogP contribution is 2.36. The van der Waals surface area contributed by atoms with Crippen molar-refractivity contribution in [2.24, 2.45) is 5.92 Å². The fourth-order valence-electron chi connectivity index (χ4n) is 5.04. The first-order chi connectivity index (χ1) is 18.6. The third-order valence-electron chi connectivity index (χ3n) is 7.43. The highest BCUT2D eigenvalue weighted by molar-refractivity contribution is 7.94. The van der Waals surface area contributed by atoms with Gasteiger partial charge in [0.2, 0.25) is 0 Å². The number of amides is 3. The van der Waals surface area contributed by atoms with Crippen LogP contribution in [0.4, 0.5) is 10.5 Å². The third-order valence-corrected chi connectivity index (χ3v) is 10.2. The molecule has 0 spiro atoms. The number of carbonyl (C=O) groups excluding carboxylic acids is 2. The zero-order valence-electron chi connectivity index (χ0n) is 22.6. The van der Waals surface area contributed by atoms with Crippen molar-refractivity contribution < 1.29 is 27.9 Å². The predicted molar refractivity (Wildman–Crippen MR) is 151 cm³/mol. The Bertz CT molecular complexity index is 1250. The lowest BCUT2D eigenvalue weighted by Gasteiger charge is -2.38. The molecule has 1 fully saturated rings. The number of rotatable bonds is 8. The lowest BCUT2D eigenvalue weighted by atomic mass is 9.96. The number of anilines is 1. The van der Waals surface area contributed by atoms with E-state index >= 15 is 0 Å². The van der Waals surface area contributed by atoms with E-state index in [0.29, 0.717) is 6.54 Å². The average Bonchev–Trinajstić information content (AvgIpc) is 3.47. The number of hydrogen-bond acceptors (Lipinski definition) is 7. The first-order valence-electron chi connectivity index (χ1n) is 13.4. The van der Waals surface area contributed by atoms with Gasteiger partial charge < -0.3 is 25.0 Å². The number of hydrogen-bond donors (Lipinski definition) is 3. The Balaban J connectivity index is 1.65. The van der Waals surface area contributed by atoms with E-state index in [1.54, 1.807) is 53.4 Å². The standard InChI is InChI=1S/C27H38N4O6S2/c1-18-15-31(19(2)17-32)26(33)21-11-7-12-22(29-39(35,36)24-13-8-14-38-24)25(21)37-23(18)16-30(3)27(34)28-20-9-5-4-6-10-20/h7-8,11-14,18-20,23,29,32H,4-6,9-10,15-17H2,1-3H3,(H,28,34)/t18-,19+,23+/m0/s1. The molecule has 39 heavy (non-hydrogen) atoms. The van der Waals surface area contributed by atoms with Crippen LogP contribution in [0.25, 0.3) is 0 Å². The molecule has 2 aliphatic rings. The van der Waals surface area contributed by atoms with Gasteiger partial charge in [-0.15, -0.1) is 11.3 Å².